The summed E-state index contributed by atoms with van der Waals surface area (Å²) in [6, 6.07) is 17.0. The molecule has 0 heterocycles. The number of carbonyl (C=O) groups is 2. The average molecular weight is 565 g/mol. The van der Waals surface area contributed by atoms with E-state index in [4.69, 9.17) is 18.4 Å². The summed E-state index contributed by atoms with van der Waals surface area (Å²) in [5, 5.41) is 18.9. The summed E-state index contributed by atoms with van der Waals surface area (Å²) in [7, 11) is -7.85. The van der Waals surface area contributed by atoms with Gasteiger partial charge in [-0.15, -0.1) is 18.0 Å². The molecule has 0 saturated heterocycles. The van der Waals surface area contributed by atoms with E-state index in [2.05, 4.69) is 16.3 Å². The third kappa shape index (κ3) is 6.58. The van der Waals surface area contributed by atoms with Gasteiger partial charge < -0.3 is 15.4 Å². The fourth-order valence-corrected chi connectivity index (χ4v) is 4.40. The fraction of sp³-hybridized carbons (Fsp3) is 0. The molecule has 5 rings (SSSR count). The van der Waals surface area contributed by atoms with Crippen molar-refractivity contribution in [3.05, 3.63) is 89.0 Å². The van der Waals surface area contributed by atoms with E-state index in [0.717, 1.165) is 12.1 Å². The molecule has 0 radical (unpaired) electrons. The van der Waals surface area contributed by atoms with Gasteiger partial charge in [0.05, 0.1) is 5.69 Å². The van der Waals surface area contributed by atoms with Crippen molar-refractivity contribution in [2.75, 3.05) is 5.73 Å². The molecule has 0 amide bonds. The molecule has 0 spiro atoms. The second-order valence-electron chi connectivity index (χ2n) is 7.75. The molecule has 1 aliphatic carbocycles. The minimum absolute atomic E-state index is 0. The number of aromatic hydroxyl groups is 1. The summed E-state index contributed by atoms with van der Waals surface area (Å²) in [4.78, 5) is 25.1. The second-order valence-corrected chi connectivity index (χ2v) is 9.54. The van der Waals surface area contributed by atoms with E-state index in [1.165, 1.54) is 24.3 Å². The van der Waals surface area contributed by atoms with Crippen molar-refractivity contribution in [2.24, 2.45) is 10.2 Å². The van der Waals surface area contributed by atoms with E-state index in [0.29, 0.717) is 11.1 Å². The average Bonchev–Trinajstić information content (AvgIpc) is 2.85. The third-order valence-corrected chi connectivity index (χ3v) is 6.27. The number of nitrogens with two attached hydrogens (primary N) is 1. The van der Waals surface area contributed by atoms with Crippen LogP contribution >= 0.6 is 0 Å². The van der Waals surface area contributed by atoms with Crippen LogP contribution in [0, 0.1) is 6.07 Å². The summed E-state index contributed by atoms with van der Waals surface area (Å²) in [5.41, 5.74) is 7.00. The minimum Gasteiger partial charge on any atom is -0.744 e. The summed E-state index contributed by atoms with van der Waals surface area (Å²) >= 11 is 0. The van der Waals surface area contributed by atoms with Gasteiger partial charge in [-0.05, 0) is 24.3 Å². The van der Waals surface area contributed by atoms with Gasteiger partial charge >= 0.3 is 48.3 Å². The number of azo groups is 1. The quantitative estimate of drug-likeness (QED) is 0.0745. The van der Waals surface area contributed by atoms with Crippen molar-refractivity contribution in [3.63, 3.8) is 0 Å². The van der Waals surface area contributed by atoms with E-state index in [1.807, 2.05) is 0 Å². The topological polar surface area (TPSA) is 214 Å². The maximum atomic E-state index is 12.9. The molecule has 0 bridgehead atoms. The van der Waals surface area contributed by atoms with E-state index >= 15 is 0 Å². The van der Waals surface area contributed by atoms with Crippen molar-refractivity contribution < 1.29 is 78.0 Å². The molecule has 4 aromatic rings. The Bertz CT molecular complexity index is 1920. The van der Waals surface area contributed by atoms with Crippen LogP contribution in [0.25, 0.3) is 10.8 Å². The molecule has 3 N–H and O–H groups in total. The first-order valence-corrected chi connectivity index (χ1v) is 12.7. The van der Waals surface area contributed by atoms with Gasteiger partial charge in [0, 0.05) is 44.3 Å². The number of nitrogen functional groups attached to an aromatic ring is 1. The number of hydrogen-bond donors (Lipinski definition) is 2. The molecule has 192 valence electrons. The molecule has 4 aromatic carbocycles. The van der Waals surface area contributed by atoms with Gasteiger partial charge in [0.25, 0.3) is 0 Å². The van der Waals surface area contributed by atoms with Gasteiger partial charge in [0.2, 0.25) is 0 Å². The number of hydrogen-bond acceptors (Lipinski definition) is 12. The van der Waals surface area contributed by atoms with Gasteiger partial charge in [-0.25, -0.2) is 8.42 Å². The molecule has 16 heteroatoms. The fourth-order valence-electron chi connectivity index (χ4n) is 3.86. The zero-order chi connectivity index (χ0) is 27.8. The zero-order valence-corrected chi connectivity index (χ0v) is 22.4. The van der Waals surface area contributed by atoms with Crippen molar-refractivity contribution in [1.82, 2.24) is 0 Å². The Balaban J connectivity index is 0.000000877. The number of carbonyl (C=O) groups excluding carboxylic acids is 2. The van der Waals surface area contributed by atoms with Crippen LogP contribution < -0.4 is 43.5 Å². The molecule has 1 aliphatic rings. The van der Waals surface area contributed by atoms with Crippen molar-refractivity contribution >= 4 is 60.1 Å². The van der Waals surface area contributed by atoms with Crippen molar-refractivity contribution in [2.45, 2.75) is 4.90 Å². The van der Waals surface area contributed by atoms with Crippen molar-refractivity contribution in [1.29, 1.82) is 0 Å². The van der Waals surface area contributed by atoms with E-state index in [9.17, 15) is 27.7 Å². The molecule has 0 saturated carbocycles. The molecule has 0 aromatic heterocycles. The Morgan fingerprint density at radius 1 is 0.850 bits per heavy atom. The first kappa shape index (κ1) is 32.6. The van der Waals surface area contributed by atoms with Crippen LogP contribution in [0.1, 0.15) is 31.8 Å². The monoisotopic (exact) mass is 565 g/mol. The number of phenolic OH excluding ortho intramolecular Hbond substituents is 1. The largest absolute Gasteiger partial charge is 1.00 e. The number of anilines is 1. The van der Waals surface area contributed by atoms with E-state index in [1.54, 1.807) is 24.3 Å². The van der Waals surface area contributed by atoms with Gasteiger partial charge in [0.15, 0.2) is 11.6 Å². The van der Waals surface area contributed by atoms with Crippen LogP contribution in [0.15, 0.2) is 75.8 Å². The predicted molar refractivity (Wildman–Crippen MR) is 130 cm³/mol. The molecule has 0 unspecified atom stereocenters. The van der Waals surface area contributed by atoms with Crippen molar-refractivity contribution in [3.8, 4) is 5.75 Å². The SMILES string of the molecule is Nc1cc(S(=O)(=O)[O-])cc2c[c-]c(N=Nc3ccc4c(c3)C(=O)c3ccccc3C4=O)c(O)c12.O=S(=O)=O.[Li+].[Li+]. The maximum absolute atomic E-state index is 12.9. The zero-order valence-electron chi connectivity index (χ0n) is 20.8. The Labute approximate surface area is 252 Å². The van der Waals surface area contributed by atoms with Crippen LogP contribution in [-0.4, -0.2) is 42.3 Å². The van der Waals surface area contributed by atoms with E-state index < -0.39 is 31.4 Å². The van der Waals surface area contributed by atoms with Crippen LogP contribution in [0.5, 0.6) is 5.75 Å². The Morgan fingerprint density at radius 2 is 1.40 bits per heavy atom. The van der Waals surface area contributed by atoms with Gasteiger partial charge in [-0.1, -0.05) is 35.7 Å². The predicted octanol–water partition coefficient (Wildman–Crippen LogP) is -2.97. The van der Waals surface area contributed by atoms with Gasteiger partial charge in [-0.3, -0.25) is 9.59 Å². The number of ketones is 2. The van der Waals surface area contributed by atoms with Crippen LogP contribution in [0.3, 0.4) is 0 Å². The normalized spacial score (nSPS) is 11.9. The molecule has 0 aliphatic heterocycles. The minimum atomic E-state index is -4.74. The number of fused-ring (bicyclic) bond motifs is 3. The molecular formula is C24H13Li2N3O9S2. The number of nitrogens with zero attached hydrogens (tertiary/aromatic N) is 2. The summed E-state index contributed by atoms with van der Waals surface area (Å²) in [6.45, 7) is 0. The van der Waals surface area contributed by atoms with Crippen LogP contribution in [-0.2, 0) is 20.7 Å². The Hall–Kier alpha value is -3.60. The van der Waals surface area contributed by atoms with Crippen LogP contribution in [0.4, 0.5) is 17.1 Å². The molecule has 40 heavy (non-hydrogen) atoms. The first-order chi connectivity index (χ1) is 17.9. The van der Waals surface area contributed by atoms with Gasteiger partial charge in [-0.2, -0.15) is 22.4 Å². The standard InChI is InChI=1S/C24H14N3O6S.2Li.O3S/c25-19-11-14(34(31,32)33)9-12-5-8-20(24(30)21(12)19)27-26-13-6-7-17-18(10-13)23(29)16-4-2-1-3-15(16)22(17)28;;;1-4(2)3/h1-7,9-11,30H,25H2,(H,31,32,33);;;/q-1;2*+1;/p-1. The summed E-state index contributed by atoms with van der Waals surface area (Å²) < 4.78 is 59.2. The summed E-state index contributed by atoms with van der Waals surface area (Å²) in [5.74, 6) is -0.977. The maximum Gasteiger partial charge on any atom is 1.00 e. The Kier molecular flexibility index (Phi) is 10.4. The molecule has 12 nitrogen and oxygen atoms in total. The third-order valence-electron chi connectivity index (χ3n) is 5.46. The first-order valence-electron chi connectivity index (χ1n) is 10.3. The number of phenols is 1. The molecular weight excluding hydrogens is 552 g/mol. The number of benzene rings is 4. The Morgan fingerprint density at radius 3 is 1.98 bits per heavy atom. The van der Waals surface area contributed by atoms with Crippen LogP contribution in [0.2, 0.25) is 0 Å². The molecule has 0 atom stereocenters. The second kappa shape index (κ2) is 12.7. The molecule has 0 fully saturated rings. The van der Waals surface area contributed by atoms with E-state index in [-0.39, 0.29) is 88.2 Å². The van der Waals surface area contributed by atoms with Gasteiger partial charge in [0.1, 0.15) is 10.1 Å². The smallest absolute Gasteiger partial charge is 0.744 e. The number of rotatable bonds is 3. The summed E-state index contributed by atoms with van der Waals surface area (Å²) in [6.07, 6.45) is 0.